The minimum absolute atomic E-state index is 0.0689. The lowest BCUT2D eigenvalue weighted by Gasteiger charge is -2.21. The van der Waals surface area contributed by atoms with Gasteiger partial charge in [-0.15, -0.1) is 0 Å². The predicted octanol–water partition coefficient (Wildman–Crippen LogP) is 24.8. The SMILES string of the molecule is CC/C=C\C/C=C\C/C=C\C/C=C\CCCCCCCCC(=O)OCC(COP(=O)(O)OCC(O)COP(=O)(O)OCC(COC(=O)CCCCCCCCC/C=C\C/C=C\C/C=C\CC)OC(=O)CCCCCCC/C=C\C/C=C\C/C=C\CC)OC(=O)CCCCCCCCC/C=C\C/C=C\C/C=C\CC. The number of ether oxygens (including phenoxy) is 4. The van der Waals surface area contributed by atoms with Crippen molar-refractivity contribution in [2.24, 2.45) is 0 Å². The van der Waals surface area contributed by atoms with Crippen LogP contribution in [-0.2, 0) is 65.4 Å². The van der Waals surface area contributed by atoms with Crippen molar-refractivity contribution < 1.29 is 80.2 Å². The Hall–Kier alpha value is -5.32. The Morgan fingerprint density at radius 3 is 0.694 bits per heavy atom. The maximum atomic E-state index is 13.1. The Balaban J connectivity index is 5.41. The Morgan fingerprint density at radius 1 is 0.259 bits per heavy atom. The number of hydrogen-bond donors (Lipinski definition) is 3. The molecule has 0 aliphatic rings. The summed E-state index contributed by atoms with van der Waals surface area (Å²) in [5.74, 6) is -2.23. The molecular formula is C89H148O17P2. The lowest BCUT2D eigenvalue weighted by atomic mass is 10.1. The maximum absolute atomic E-state index is 13.1. The predicted molar refractivity (Wildman–Crippen MR) is 445 cm³/mol. The summed E-state index contributed by atoms with van der Waals surface area (Å²) < 4.78 is 68.8. The molecule has 5 atom stereocenters. The van der Waals surface area contributed by atoms with E-state index in [1.807, 2.05) is 0 Å². The first-order valence-electron chi connectivity index (χ1n) is 41.7. The van der Waals surface area contributed by atoms with Crippen molar-refractivity contribution in [2.45, 2.75) is 341 Å². The van der Waals surface area contributed by atoms with E-state index in [1.165, 1.54) is 0 Å². The van der Waals surface area contributed by atoms with E-state index in [-0.39, 0.29) is 25.7 Å². The van der Waals surface area contributed by atoms with Crippen LogP contribution in [0.1, 0.15) is 323 Å². The fourth-order valence-electron chi connectivity index (χ4n) is 10.8. The molecule has 19 heteroatoms. The summed E-state index contributed by atoms with van der Waals surface area (Å²) >= 11 is 0. The highest BCUT2D eigenvalue weighted by atomic mass is 31.2. The van der Waals surface area contributed by atoms with E-state index in [1.54, 1.807) is 0 Å². The van der Waals surface area contributed by atoms with E-state index >= 15 is 0 Å². The molecule has 616 valence electrons. The van der Waals surface area contributed by atoms with Crippen LogP contribution >= 0.6 is 15.6 Å². The van der Waals surface area contributed by atoms with Gasteiger partial charge in [0.05, 0.1) is 26.4 Å². The number of unbranched alkanes of at least 4 members (excludes halogenated alkanes) is 25. The highest BCUT2D eigenvalue weighted by molar-refractivity contribution is 7.47. The van der Waals surface area contributed by atoms with E-state index < -0.39 is 97.5 Å². The number of allylic oxidation sites excluding steroid dienone is 26. The number of aliphatic hydroxyl groups is 1. The third kappa shape index (κ3) is 78.8. The largest absolute Gasteiger partial charge is 0.472 e. The smallest absolute Gasteiger partial charge is 0.462 e. The summed E-state index contributed by atoms with van der Waals surface area (Å²) in [5, 5.41) is 10.7. The van der Waals surface area contributed by atoms with Crippen LogP contribution in [0.2, 0.25) is 0 Å². The number of carbonyl (C=O) groups is 4. The van der Waals surface area contributed by atoms with Crippen LogP contribution in [0.5, 0.6) is 0 Å². The minimum Gasteiger partial charge on any atom is -0.462 e. The Labute approximate surface area is 655 Å². The number of esters is 4. The maximum Gasteiger partial charge on any atom is 0.472 e. The van der Waals surface area contributed by atoms with Gasteiger partial charge in [0.2, 0.25) is 0 Å². The quantitative estimate of drug-likeness (QED) is 0.0169. The molecular weight excluding hydrogens is 1400 g/mol. The summed E-state index contributed by atoms with van der Waals surface area (Å²) in [6, 6.07) is 0. The van der Waals surface area contributed by atoms with Gasteiger partial charge >= 0.3 is 39.5 Å². The minimum atomic E-state index is -4.99. The standard InChI is InChI=1S/C89H148O17P2/c1-5-9-13-17-21-25-29-33-37-40-41-44-47-50-54-58-62-66-70-74-87(92)100-80-85(106-89(94)76-72-68-64-60-56-52-48-43-39-35-31-27-23-19-15-11-7-3)82-104-108(97,98)102-78-83(90)77-101-107(95,96)103-81-84(105-88(93)75-71-67-63-59-55-51-45-36-32-28-24-20-16-12-8-4)79-99-86(91)73-69-65-61-57-53-49-46-42-38-34-30-26-22-18-14-10-6-2/h9-16,21-28,33-39,41,44-45,83-85,90H,5-8,17-20,29-32,40,42-43,46-82H2,1-4H3,(H,95,96)(H,97,98)/b13-9-,14-10-,15-11-,16-12-,25-21-,26-22-,27-23-,28-24-,37-33-,38-34-,39-35-,44-41-,45-36-. The zero-order chi connectivity index (χ0) is 78.9. The zero-order valence-electron chi connectivity index (χ0n) is 67.5. The van der Waals surface area contributed by atoms with Crippen molar-refractivity contribution in [3.05, 3.63) is 158 Å². The van der Waals surface area contributed by atoms with E-state index in [0.717, 1.165) is 244 Å². The molecule has 17 nitrogen and oxygen atoms in total. The monoisotopic (exact) mass is 1550 g/mol. The molecule has 108 heavy (non-hydrogen) atoms. The fraction of sp³-hybridized carbons (Fsp3) is 0.663. The van der Waals surface area contributed by atoms with E-state index in [4.69, 9.17) is 37.0 Å². The molecule has 0 saturated carbocycles. The molecule has 0 rings (SSSR count). The number of rotatable bonds is 77. The van der Waals surface area contributed by atoms with Crippen LogP contribution in [0.25, 0.3) is 0 Å². The molecule has 0 bridgehead atoms. The van der Waals surface area contributed by atoms with E-state index in [9.17, 15) is 43.2 Å². The third-order valence-corrected chi connectivity index (χ3v) is 18.9. The molecule has 5 unspecified atom stereocenters. The lowest BCUT2D eigenvalue weighted by Crippen LogP contribution is -2.30. The molecule has 0 aromatic carbocycles. The van der Waals surface area contributed by atoms with Crippen LogP contribution in [0.15, 0.2) is 158 Å². The van der Waals surface area contributed by atoms with Crippen molar-refractivity contribution in [3.8, 4) is 0 Å². The number of phosphoric ester groups is 2. The Morgan fingerprint density at radius 2 is 0.454 bits per heavy atom. The molecule has 0 aliphatic carbocycles. The lowest BCUT2D eigenvalue weighted by molar-refractivity contribution is -0.161. The van der Waals surface area contributed by atoms with Gasteiger partial charge in [0, 0.05) is 25.7 Å². The molecule has 0 aliphatic heterocycles. The second-order valence-corrected chi connectivity index (χ2v) is 30.1. The van der Waals surface area contributed by atoms with E-state index in [2.05, 4.69) is 186 Å². The van der Waals surface area contributed by atoms with Crippen molar-refractivity contribution in [1.82, 2.24) is 0 Å². The number of hydrogen-bond acceptors (Lipinski definition) is 15. The van der Waals surface area contributed by atoms with E-state index in [0.29, 0.717) is 25.7 Å². The van der Waals surface area contributed by atoms with Gasteiger partial charge in [0.25, 0.3) is 0 Å². The number of aliphatic hydroxyl groups excluding tert-OH is 1. The highest BCUT2D eigenvalue weighted by Gasteiger charge is 2.30. The highest BCUT2D eigenvalue weighted by Crippen LogP contribution is 2.45. The van der Waals surface area contributed by atoms with Crippen molar-refractivity contribution in [1.29, 1.82) is 0 Å². The van der Waals surface area contributed by atoms with Crippen molar-refractivity contribution >= 4 is 39.5 Å². The van der Waals surface area contributed by atoms with Crippen molar-refractivity contribution in [2.75, 3.05) is 39.6 Å². The first-order valence-corrected chi connectivity index (χ1v) is 44.7. The second-order valence-electron chi connectivity index (χ2n) is 27.2. The molecule has 0 heterocycles. The molecule has 0 aromatic rings. The topological polar surface area (TPSA) is 237 Å². The van der Waals surface area contributed by atoms with Crippen LogP contribution in [-0.4, -0.2) is 96.7 Å². The summed E-state index contributed by atoms with van der Waals surface area (Å²) in [7, 11) is -9.99. The molecule has 0 fully saturated rings. The zero-order valence-corrected chi connectivity index (χ0v) is 69.3. The molecule has 0 amide bonds. The number of carbonyl (C=O) groups excluding carboxylic acids is 4. The van der Waals surface area contributed by atoms with Crippen LogP contribution in [0.4, 0.5) is 0 Å². The first kappa shape index (κ1) is 103. The number of phosphoric acid groups is 2. The molecule has 0 saturated heterocycles. The van der Waals surface area contributed by atoms with Crippen LogP contribution < -0.4 is 0 Å². The fourth-order valence-corrected chi connectivity index (χ4v) is 12.4. The van der Waals surface area contributed by atoms with Crippen LogP contribution in [0.3, 0.4) is 0 Å². The first-order chi connectivity index (χ1) is 52.7. The Bertz CT molecular complexity index is 2660. The van der Waals surface area contributed by atoms with Gasteiger partial charge in [-0.25, -0.2) is 9.13 Å². The van der Waals surface area contributed by atoms with Crippen molar-refractivity contribution in [3.63, 3.8) is 0 Å². The average molecular weight is 1550 g/mol. The van der Waals surface area contributed by atoms with Gasteiger partial charge < -0.3 is 33.8 Å². The summed E-state index contributed by atoms with van der Waals surface area (Å²) in [4.78, 5) is 73.2. The normalized spacial score (nSPS) is 14.6. The third-order valence-electron chi connectivity index (χ3n) is 17.0. The molecule has 0 aromatic heterocycles. The van der Waals surface area contributed by atoms with Gasteiger partial charge in [-0.05, 0) is 161 Å². The molecule has 3 N–H and O–H groups in total. The van der Waals surface area contributed by atoms with Gasteiger partial charge in [-0.1, -0.05) is 295 Å². The molecule has 0 spiro atoms. The van der Waals surface area contributed by atoms with Gasteiger partial charge in [-0.2, -0.15) is 0 Å². The summed E-state index contributed by atoms with van der Waals surface area (Å²) in [6.45, 7) is 4.39. The average Bonchev–Trinajstić information content (AvgIpc) is 0.906. The van der Waals surface area contributed by atoms with Gasteiger partial charge in [0.1, 0.15) is 19.3 Å². The second kappa shape index (κ2) is 79.8. The summed E-state index contributed by atoms with van der Waals surface area (Å²) in [5.41, 5.74) is 0. The van der Waals surface area contributed by atoms with Gasteiger partial charge in [-0.3, -0.25) is 37.3 Å². The Kier molecular flexibility index (Phi) is 75.8. The van der Waals surface area contributed by atoms with Gasteiger partial charge in [0.15, 0.2) is 12.2 Å². The summed E-state index contributed by atoms with van der Waals surface area (Å²) in [6.07, 6.45) is 93.4. The molecule has 0 radical (unpaired) electrons. The van der Waals surface area contributed by atoms with Crippen LogP contribution in [0, 0.1) is 0 Å².